The second kappa shape index (κ2) is 18.6. The Morgan fingerprint density at radius 3 is 1.63 bits per heavy atom. The van der Waals surface area contributed by atoms with Gasteiger partial charge in [0.1, 0.15) is 6.61 Å². The third kappa shape index (κ3) is 17.8. The van der Waals surface area contributed by atoms with E-state index in [-0.39, 0.29) is 28.6 Å². The summed E-state index contributed by atoms with van der Waals surface area (Å²) < 4.78 is 41.3. The quantitative estimate of drug-likeness (QED) is 0.127. The third-order valence-corrected chi connectivity index (χ3v) is 11.9. The normalized spacial score (nSPS) is 18.9. The lowest BCUT2D eigenvalue weighted by Gasteiger charge is -2.31. The predicted molar refractivity (Wildman–Crippen MR) is 169 cm³/mol. The summed E-state index contributed by atoms with van der Waals surface area (Å²) in [6.45, 7) is 27.1. The van der Waals surface area contributed by atoms with Crippen molar-refractivity contribution in [2.75, 3.05) is 18.9 Å². The molecule has 38 heavy (non-hydrogen) atoms. The molecule has 0 aliphatic carbocycles. The zero-order chi connectivity index (χ0) is 29.6. The van der Waals surface area contributed by atoms with Crippen LogP contribution in [0, 0.1) is 34.5 Å². The van der Waals surface area contributed by atoms with E-state index in [0.29, 0.717) is 24.8 Å². The van der Waals surface area contributed by atoms with E-state index < -0.39 is 21.2 Å². The van der Waals surface area contributed by atoms with Crippen LogP contribution in [-0.2, 0) is 18.2 Å². The zero-order valence-electron chi connectivity index (χ0n) is 27.6. The smallest absolute Gasteiger partial charge is 0.293 e. The molecule has 0 saturated heterocycles. The van der Waals surface area contributed by atoms with E-state index in [2.05, 4.69) is 83.1 Å². The summed E-state index contributed by atoms with van der Waals surface area (Å²) in [4.78, 5) is 0. The van der Waals surface area contributed by atoms with Crippen molar-refractivity contribution in [3.63, 3.8) is 0 Å². The molecule has 6 heteroatoms. The van der Waals surface area contributed by atoms with Gasteiger partial charge in [0.2, 0.25) is 7.37 Å². The molecule has 0 fully saturated rings. The second-order valence-electron chi connectivity index (χ2n) is 14.7. The van der Waals surface area contributed by atoms with E-state index in [1.807, 2.05) is 0 Å². The Hall–Kier alpha value is 0.250. The summed E-state index contributed by atoms with van der Waals surface area (Å²) in [6.07, 6.45) is 11.5. The van der Waals surface area contributed by atoms with Crippen LogP contribution in [0.5, 0.6) is 0 Å². The summed E-state index contributed by atoms with van der Waals surface area (Å²) in [6, 6.07) is 0. The highest BCUT2D eigenvalue weighted by atomic mass is 31.2. The SMILES string of the molecule is CCCCC(CC)CO[P+](=O)C(OP(=O)(CC(C)CC(C)(C)C)CC(C)CC(C)(C)C)C(CC)CCCC. The number of unbranched alkanes of at least 4 members (excludes halogenated alkanes) is 2. The average Bonchev–Trinajstić information content (AvgIpc) is 2.75. The van der Waals surface area contributed by atoms with Gasteiger partial charge in [-0.25, -0.2) is 0 Å². The van der Waals surface area contributed by atoms with Crippen LogP contribution in [0.25, 0.3) is 0 Å². The highest BCUT2D eigenvalue weighted by molar-refractivity contribution is 7.59. The lowest BCUT2D eigenvalue weighted by Crippen LogP contribution is -2.25. The Kier molecular flexibility index (Phi) is 18.8. The summed E-state index contributed by atoms with van der Waals surface area (Å²) in [5.41, 5.74) is 0.325. The standard InChI is InChI=1S/C32H67O4P2/c1-13-17-19-28(15-3)23-35-37(33)30(29(16-4)20-18-14-2)36-38(34,24-26(5)21-31(7,8)9)25-27(6)22-32(10,11)12/h26-30H,13-25H2,1-12H3/q+1. The topological polar surface area (TPSA) is 52.6 Å². The minimum absolute atomic E-state index is 0.0958. The molecule has 6 unspecified atom stereocenters. The molecule has 0 aliphatic heterocycles. The minimum atomic E-state index is -3.05. The molecule has 6 atom stereocenters. The summed E-state index contributed by atoms with van der Waals surface area (Å²) >= 11 is 0. The van der Waals surface area contributed by atoms with Crippen molar-refractivity contribution < 1.29 is 18.2 Å². The van der Waals surface area contributed by atoms with Gasteiger partial charge in [-0.3, -0.25) is 9.09 Å². The Morgan fingerprint density at radius 2 is 1.24 bits per heavy atom. The van der Waals surface area contributed by atoms with Gasteiger partial charge in [-0.2, -0.15) is 0 Å². The van der Waals surface area contributed by atoms with Crippen molar-refractivity contribution in [1.29, 1.82) is 0 Å². The lowest BCUT2D eigenvalue weighted by molar-refractivity contribution is 0.159. The van der Waals surface area contributed by atoms with Crippen LogP contribution >= 0.6 is 15.4 Å². The number of hydrogen-bond acceptors (Lipinski definition) is 4. The molecule has 0 spiro atoms. The van der Waals surface area contributed by atoms with Gasteiger partial charge in [-0.15, -0.1) is 4.52 Å². The van der Waals surface area contributed by atoms with Gasteiger partial charge in [-0.1, -0.05) is 115 Å². The average molecular weight is 578 g/mol. The molecule has 0 radical (unpaired) electrons. The van der Waals surface area contributed by atoms with Crippen LogP contribution in [0.2, 0.25) is 0 Å². The zero-order valence-corrected chi connectivity index (χ0v) is 29.4. The van der Waals surface area contributed by atoms with E-state index in [1.54, 1.807) is 0 Å². The molecule has 228 valence electrons. The van der Waals surface area contributed by atoms with Crippen molar-refractivity contribution >= 4 is 15.4 Å². The molecule has 0 aromatic heterocycles. The highest BCUT2D eigenvalue weighted by Gasteiger charge is 2.46. The highest BCUT2D eigenvalue weighted by Crippen LogP contribution is 2.57. The van der Waals surface area contributed by atoms with Crippen LogP contribution in [0.3, 0.4) is 0 Å². The van der Waals surface area contributed by atoms with Gasteiger partial charge in [0.05, 0.1) is 0 Å². The van der Waals surface area contributed by atoms with Gasteiger partial charge in [0.15, 0.2) is 0 Å². The maximum atomic E-state index is 14.7. The van der Waals surface area contributed by atoms with Gasteiger partial charge in [0.25, 0.3) is 5.85 Å². The fourth-order valence-corrected chi connectivity index (χ4v) is 11.1. The fourth-order valence-electron chi connectivity index (χ4n) is 5.99. The maximum absolute atomic E-state index is 14.7. The first-order valence-corrected chi connectivity index (χ1v) is 19.1. The Morgan fingerprint density at radius 1 is 0.763 bits per heavy atom. The minimum Gasteiger partial charge on any atom is -0.293 e. The molecule has 0 N–H and O–H groups in total. The summed E-state index contributed by atoms with van der Waals surface area (Å²) in [5.74, 6) is 0.460. The fraction of sp³-hybridized carbons (Fsp3) is 1.00. The molecule has 0 heterocycles. The molecular weight excluding hydrogens is 510 g/mol. The summed E-state index contributed by atoms with van der Waals surface area (Å²) in [5, 5.41) is 0. The van der Waals surface area contributed by atoms with Crippen LogP contribution in [-0.4, -0.2) is 24.8 Å². The van der Waals surface area contributed by atoms with Crippen molar-refractivity contribution in [2.45, 2.75) is 153 Å². The van der Waals surface area contributed by atoms with Crippen molar-refractivity contribution in [3.05, 3.63) is 0 Å². The molecular formula is C32H67O4P2+. The Bertz CT molecular complexity index is 652. The first-order chi connectivity index (χ1) is 17.5. The molecule has 0 rings (SSSR count). The van der Waals surface area contributed by atoms with Gasteiger partial charge >= 0.3 is 8.03 Å². The molecule has 4 nitrogen and oxygen atoms in total. The van der Waals surface area contributed by atoms with Crippen LogP contribution < -0.4 is 0 Å². The monoisotopic (exact) mass is 577 g/mol. The second-order valence-corrected chi connectivity index (χ2v) is 18.6. The van der Waals surface area contributed by atoms with E-state index >= 15 is 0 Å². The van der Waals surface area contributed by atoms with E-state index in [1.165, 1.54) is 6.42 Å². The van der Waals surface area contributed by atoms with Crippen molar-refractivity contribution in [1.82, 2.24) is 0 Å². The number of hydrogen-bond donors (Lipinski definition) is 0. The lowest BCUT2D eigenvalue weighted by atomic mass is 9.86. The third-order valence-electron chi connectivity index (χ3n) is 7.45. The van der Waals surface area contributed by atoms with Crippen LogP contribution in [0.15, 0.2) is 0 Å². The molecule has 0 aliphatic rings. The summed E-state index contributed by atoms with van der Waals surface area (Å²) in [7, 11) is -5.12. The molecule has 0 saturated carbocycles. The first-order valence-electron chi connectivity index (χ1n) is 15.8. The van der Waals surface area contributed by atoms with E-state index in [4.69, 9.17) is 9.05 Å². The number of rotatable bonds is 21. The van der Waals surface area contributed by atoms with Gasteiger partial charge in [-0.05, 0) is 65.3 Å². The molecule has 0 aromatic rings. The molecule has 0 aromatic carbocycles. The van der Waals surface area contributed by atoms with Gasteiger partial charge in [0, 0.05) is 18.2 Å². The van der Waals surface area contributed by atoms with Crippen LogP contribution in [0.1, 0.15) is 147 Å². The maximum Gasteiger partial charge on any atom is 0.541 e. The Labute approximate surface area is 239 Å². The van der Waals surface area contributed by atoms with E-state index in [0.717, 1.165) is 57.8 Å². The van der Waals surface area contributed by atoms with Crippen molar-refractivity contribution in [2.24, 2.45) is 34.5 Å². The first kappa shape index (κ1) is 38.2. The molecule has 0 amide bonds. The van der Waals surface area contributed by atoms with Crippen LogP contribution in [0.4, 0.5) is 0 Å². The molecule has 0 bridgehead atoms. The predicted octanol–water partition coefficient (Wildman–Crippen LogP) is 11.9. The van der Waals surface area contributed by atoms with Crippen molar-refractivity contribution in [3.8, 4) is 0 Å². The largest absolute Gasteiger partial charge is 0.541 e. The van der Waals surface area contributed by atoms with E-state index in [9.17, 15) is 9.13 Å². The van der Waals surface area contributed by atoms with Gasteiger partial charge < -0.3 is 0 Å². The Balaban J connectivity index is 6.06.